The first-order valence-corrected chi connectivity index (χ1v) is 6.04. The lowest BCUT2D eigenvalue weighted by Gasteiger charge is -2.31. The Balaban J connectivity index is 2.05. The summed E-state index contributed by atoms with van der Waals surface area (Å²) in [6.45, 7) is 4.04. The summed E-state index contributed by atoms with van der Waals surface area (Å²) in [5, 5.41) is 0. The van der Waals surface area contributed by atoms with E-state index in [2.05, 4.69) is 33.4 Å². The van der Waals surface area contributed by atoms with Crippen molar-refractivity contribution in [3.63, 3.8) is 0 Å². The third-order valence-corrected chi connectivity index (χ3v) is 3.62. The molecule has 0 aromatic carbocycles. The van der Waals surface area contributed by atoms with E-state index in [0.29, 0.717) is 6.04 Å². The van der Waals surface area contributed by atoms with E-state index >= 15 is 0 Å². The van der Waals surface area contributed by atoms with Crippen molar-refractivity contribution in [2.45, 2.75) is 19.5 Å². The van der Waals surface area contributed by atoms with Crippen LogP contribution >= 0.6 is 0 Å². The summed E-state index contributed by atoms with van der Waals surface area (Å²) >= 11 is 0. The predicted octanol–water partition coefficient (Wildman–Crippen LogP) is 2.09. The minimum Gasteiger partial charge on any atom is -0.325 e. The van der Waals surface area contributed by atoms with Crippen LogP contribution in [0.3, 0.4) is 0 Å². The SMILES string of the molecule is CC1c2ncc(-c3ccc(F)nc3)n2CCN1C. The van der Waals surface area contributed by atoms with Gasteiger partial charge in [0.25, 0.3) is 0 Å². The molecule has 5 heteroatoms. The molecule has 0 saturated heterocycles. The van der Waals surface area contributed by atoms with Gasteiger partial charge in [-0.3, -0.25) is 4.90 Å². The Labute approximate surface area is 105 Å². The minimum atomic E-state index is -0.453. The van der Waals surface area contributed by atoms with Gasteiger partial charge >= 0.3 is 0 Å². The fourth-order valence-corrected chi connectivity index (χ4v) is 2.36. The van der Waals surface area contributed by atoms with E-state index in [0.717, 1.165) is 30.2 Å². The van der Waals surface area contributed by atoms with Crippen molar-refractivity contribution in [3.8, 4) is 11.3 Å². The zero-order valence-corrected chi connectivity index (χ0v) is 10.5. The quantitative estimate of drug-likeness (QED) is 0.722. The molecule has 0 bridgehead atoms. The molecule has 94 valence electrons. The van der Waals surface area contributed by atoms with Gasteiger partial charge in [-0.2, -0.15) is 4.39 Å². The van der Waals surface area contributed by atoms with Crippen molar-refractivity contribution in [1.82, 2.24) is 19.4 Å². The maximum atomic E-state index is 12.8. The van der Waals surface area contributed by atoms with Crippen molar-refractivity contribution < 1.29 is 4.39 Å². The Morgan fingerprint density at radius 2 is 2.06 bits per heavy atom. The smallest absolute Gasteiger partial charge is 0.212 e. The van der Waals surface area contributed by atoms with Crippen molar-refractivity contribution >= 4 is 0 Å². The van der Waals surface area contributed by atoms with E-state index in [1.165, 1.54) is 6.07 Å². The van der Waals surface area contributed by atoms with Gasteiger partial charge in [0.2, 0.25) is 5.95 Å². The summed E-state index contributed by atoms with van der Waals surface area (Å²) < 4.78 is 15.0. The molecule has 18 heavy (non-hydrogen) atoms. The van der Waals surface area contributed by atoms with Gasteiger partial charge in [0.05, 0.1) is 17.9 Å². The number of nitrogens with zero attached hydrogens (tertiary/aromatic N) is 4. The summed E-state index contributed by atoms with van der Waals surface area (Å²) in [5.41, 5.74) is 1.92. The molecular weight excluding hydrogens is 231 g/mol. The molecule has 2 aromatic heterocycles. The van der Waals surface area contributed by atoms with Crippen LogP contribution in [0, 0.1) is 5.95 Å². The van der Waals surface area contributed by atoms with Crippen LogP contribution in [0.4, 0.5) is 4.39 Å². The molecule has 1 atom stereocenters. The lowest BCUT2D eigenvalue weighted by molar-refractivity contribution is 0.206. The van der Waals surface area contributed by atoms with Gasteiger partial charge in [-0.15, -0.1) is 0 Å². The summed E-state index contributed by atoms with van der Waals surface area (Å²) in [6.07, 6.45) is 3.41. The van der Waals surface area contributed by atoms with Crippen LogP contribution in [-0.2, 0) is 6.54 Å². The van der Waals surface area contributed by atoms with Gasteiger partial charge in [0, 0.05) is 24.8 Å². The molecule has 0 saturated carbocycles. The second kappa shape index (κ2) is 4.17. The molecule has 0 aliphatic carbocycles. The van der Waals surface area contributed by atoms with Crippen LogP contribution < -0.4 is 0 Å². The first kappa shape index (κ1) is 11.3. The van der Waals surface area contributed by atoms with Crippen LogP contribution in [0.5, 0.6) is 0 Å². The average Bonchev–Trinajstić information content (AvgIpc) is 2.79. The normalized spacial score (nSPS) is 19.8. The number of rotatable bonds is 1. The van der Waals surface area contributed by atoms with Gasteiger partial charge in [0.1, 0.15) is 5.82 Å². The van der Waals surface area contributed by atoms with Gasteiger partial charge in [0.15, 0.2) is 0 Å². The topological polar surface area (TPSA) is 34.0 Å². The molecule has 1 aliphatic heterocycles. The Hall–Kier alpha value is -1.75. The minimum absolute atomic E-state index is 0.306. The molecule has 2 aromatic rings. The van der Waals surface area contributed by atoms with Crippen molar-refractivity contribution in [3.05, 3.63) is 36.3 Å². The van der Waals surface area contributed by atoms with Crippen molar-refractivity contribution in [1.29, 1.82) is 0 Å². The van der Waals surface area contributed by atoms with Gasteiger partial charge in [-0.05, 0) is 26.1 Å². The molecule has 3 heterocycles. The summed E-state index contributed by atoms with van der Waals surface area (Å²) in [5.74, 6) is 0.605. The summed E-state index contributed by atoms with van der Waals surface area (Å²) in [6, 6.07) is 3.43. The number of aromatic nitrogens is 3. The lowest BCUT2D eigenvalue weighted by Crippen LogP contribution is -2.34. The second-order valence-corrected chi connectivity index (χ2v) is 4.68. The van der Waals surface area contributed by atoms with E-state index in [1.54, 1.807) is 12.3 Å². The highest BCUT2D eigenvalue weighted by Crippen LogP contribution is 2.28. The second-order valence-electron chi connectivity index (χ2n) is 4.68. The highest BCUT2D eigenvalue weighted by molar-refractivity contribution is 5.58. The van der Waals surface area contributed by atoms with E-state index in [1.807, 2.05) is 6.20 Å². The Bertz CT molecular complexity index is 561. The number of fused-ring (bicyclic) bond motifs is 1. The Morgan fingerprint density at radius 3 is 2.78 bits per heavy atom. The van der Waals surface area contributed by atoms with Crippen LogP contribution in [0.25, 0.3) is 11.3 Å². The highest BCUT2D eigenvalue weighted by atomic mass is 19.1. The number of hydrogen-bond donors (Lipinski definition) is 0. The monoisotopic (exact) mass is 246 g/mol. The van der Waals surface area contributed by atoms with E-state index in [-0.39, 0.29) is 0 Å². The third-order valence-electron chi connectivity index (χ3n) is 3.62. The highest BCUT2D eigenvalue weighted by Gasteiger charge is 2.24. The van der Waals surface area contributed by atoms with E-state index in [9.17, 15) is 4.39 Å². The molecule has 4 nitrogen and oxygen atoms in total. The molecule has 1 unspecified atom stereocenters. The van der Waals surface area contributed by atoms with Crippen LogP contribution in [-0.4, -0.2) is 33.0 Å². The van der Waals surface area contributed by atoms with E-state index < -0.39 is 5.95 Å². The molecule has 0 radical (unpaired) electrons. The molecule has 3 rings (SSSR count). The molecule has 1 aliphatic rings. The van der Waals surface area contributed by atoms with E-state index in [4.69, 9.17) is 0 Å². The lowest BCUT2D eigenvalue weighted by atomic mass is 10.2. The first-order valence-electron chi connectivity index (χ1n) is 6.04. The van der Waals surface area contributed by atoms with Gasteiger partial charge < -0.3 is 4.57 Å². The fourth-order valence-electron chi connectivity index (χ4n) is 2.36. The van der Waals surface area contributed by atoms with Crippen LogP contribution in [0.15, 0.2) is 24.5 Å². The number of likely N-dealkylation sites (N-methyl/N-ethyl adjacent to an activating group) is 1. The Kier molecular flexibility index (Phi) is 2.63. The summed E-state index contributed by atoms with van der Waals surface area (Å²) in [4.78, 5) is 10.5. The number of pyridine rings is 1. The molecule has 0 amide bonds. The van der Waals surface area contributed by atoms with Crippen LogP contribution in [0.1, 0.15) is 18.8 Å². The summed E-state index contributed by atoms with van der Waals surface area (Å²) in [7, 11) is 2.10. The molecule has 0 fully saturated rings. The maximum Gasteiger partial charge on any atom is 0.212 e. The zero-order valence-electron chi connectivity index (χ0n) is 10.5. The largest absolute Gasteiger partial charge is 0.325 e. The predicted molar refractivity (Wildman–Crippen MR) is 66.5 cm³/mol. The number of hydrogen-bond acceptors (Lipinski definition) is 3. The van der Waals surface area contributed by atoms with Crippen molar-refractivity contribution in [2.75, 3.05) is 13.6 Å². The van der Waals surface area contributed by atoms with Crippen LogP contribution in [0.2, 0.25) is 0 Å². The first-order chi connectivity index (χ1) is 8.66. The van der Waals surface area contributed by atoms with Gasteiger partial charge in [-0.1, -0.05) is 0 Å². The number of halogens is 1. The maximum absolute atomic E-state index is 12.8. The average molecular weight is 246 g/mol. The number of imidazole rings is 1. The molecular formula is C13H15FN4. The fraction of sp³-hybridized carbons (Fsp3) is 0.385. The van der Waals surface area contributed by atoms with Gasteiger partial charge in [-0.25, -0.2) is 9.97 Å². The zero-order chi connectivity index (χ0) is 12.7. The molecule has 0 N–H and O–H groups in total. The molecule has 0 spiro atoms. The van der Waals surface area contributed by atoms with Crippen molar-refractivity contribution in [2.24, 2.45) is 0 Å². The Morgan fingerprint density at radius 1 is 1.22 bits per heavy atom. The standard InChI is InChI=1S/C13H15FN4/c1-9-13-16-8-11(18(13)6-5-17(9)2)10-3-4-12(14)15-7-10/h3-4,7-9H,5-6H2,1-2H3. The third kappa shape index (κ3) is 1.71.